The zero-order chi connectivity index (χ0) is 14.3. The van der Waals surface area contributed by atoms with Crippen LogP contribution in [0.2, 0.25) is 0 Å². The number of hydrogen-bond donors (Lipinski definition) is 2. The van der Waals surface area contributed by atoms with Crippen molar-refractivity contribution < 1.29 is 9.59 Å². The summed E-state index contributed by atoms with van der Waals surface area (Å²) < 4.78 is 0. The molecule has 2 atom stereocenters. The molecular formula is C14H28N2O2. The quantitative estimate of drug-likeness (QED) is 0.691. The number of carbonyl (C=O) groups excluding carboxylic acids is 2. The highest BCUT2D eigenvalue weighted by Gasteiger charge is 2.29. The van der Waals surface area contributed by atoms with Crippen LogP contribution in [0.3, 0.4) is 0 Å². The first-order valence-electron chi connectivity index (χ1n) is 6.67. The van der Waals surface area contributed by atoms with Gasteiger partial charge in [0.25, 0.3) is 0 Å². The van der Waals surface area contributed by atoms with E-state index in [1.54, 1.807) is 6.92 Å². The van der Waals surface area contributed by atoms with Gasteiger partial charge < -0.3 is 10.6 Å². The second-order valence-corrected chi connectivity index (χ2v) is 5.83. The van der Waals surface area contributed by atoms with Crippen molar-refractivity contribution in [2.24, 2.45) is 5.41 Å². The van der Waals surface area contributed by atoms with E-state index in [9.17, 15) is 9.59 Å². The summed E-state index contributed by atoms with van der Waals surface area (Å²) in [5.41, 5.74) is -0.0867. The van der Waals surface area contributed by atoms with Crippen molar-refractivity contribution in [1.29, 1.82) is 0 Å². The van der Waals surface area contributed by atoms with Gasteiger partial charge in [-0.3, -0.25) is 9.59 Å². The Balaban J connectivity index is 4.21. The Morgan fingerprint density at radius 1 is 1.22 bits per heavy atom. The van der Waals surface area contributed by atoms with Crippen molar-refractivity contribution in [2.45, 2.75) is 59.5 Å². The van der Waals surface area contributed by atoms with Crippen LogP contribution in [0.4, 0.5) is 0 Å². The van der Waals surface area contributed by atoms with E-state index in [-0.39, 0.29) is 29.1 Å². The largest absolute Gasteiger partial charge is 0.310 e. The molecule has 0 rings (SSSR count). The van der Waals surface area contributed by atoms with Crippen molar-refractivity contribution in [3.63, 3.8) is 0 Å². The highest BCUT2D eigenvalue weighted by atomic mass is 16.1. The summed E-state index contributed by atoms with van der Waals surface area (Å²) in [6.45, 7) is 10.2. The van der Waals surface area contributed by atoms with Crippen LogP contribution in [0.1, 0.15) is 47.5 Å². The summed E-state index contributed by atoms with van der Waals surface area (Å²) in [4.78, 5) is 23.3. The van der Waals surface area contributed by atoms with Crippen LogP contribution < -0.4 is 10.6 Å². The summed E-state index contributed by atoms with van der Waals surface area (Å²) in [5.74, 6) is 0.321. The van der Waals surface area contributed by atoms with Crippen molar-refractivity contribution in [2.75, 3.05) is 13.6 Å². The molecule has 4 heteroatoms. The minimum Gasteiger partial charge on any atom is -0.310 e. The Kier molecular flexibility index (Phi) is 7.33. The zero-order valence-electron chi connectivity index (χ0n) is 12.6. The molecule has 0 spiro atoms. The number of likely N-dealkylation sites (N-methyl/N-ethyl adjacent to an activating group) is 1. The van der Waals surface area contributed by atoms with E-state index >= 15 is 0 Å². The summed E-state index contributed by atoms with van der Waals surface area (Å²) >= 11 is 0. The van der Waals surface area contributed by atoms with Gasteiger partial charge in [-0.25, -0.2) is 0 Å². The lowest BCUT2D eigenvalue weighted by molar-refractivity contribution is -0.124. The standard InChI is InChI=1S/C14H28N2O2/c1-7-11(10(2)17)16-9-8-12(18)13(15-6)14(3,4)5/h11,13,15-16H,7-9H2,1-6H3/t11-,13+/m0/s1. The van der Waals surface area contributed by atoms with Gasteiger partial charge >= 0.3 is 0 Å². The van der Waals surface area contributed by atoms with Gasteiger partial charge in [-0.05, 0) is 25.8 Å². The number of hydrogen-bond acceptors (Lipinski definition) is 4. The van der Waals surface area contributed by atoms with Gasteiger partial charge in [-0.1, -0.05) is 27.7 Å². The van der Waals surface area contributed by atoms with Crippen molar-refractivity contribution in [3.8, 4) is 0 Å². The molecule has 0 saturated heterocycles. The fraction of sp³-hybridized carbons (Fsp3) is 0.857. The average molecular weight is 256 g/mol. The summed E-state index contributed by atoms with van der Waals surface area (Å²) in [5, 5.41) is 6.20. The Morgan fingerprint density at radius 3 is 2.11 bits per heavy atom. The van der Waals surface area contributed by atoms with Crippen molar-refractivity contribution >= 4 is 11.6 Å². The molecule has 0 unspecified atom stereocenters. The third-order valence-electron chi connectivity index (χ3n) is 3.14. The summed E-state index contributed by atoms with van der Waals surface area (Å²) in [6, 6.07) is -0.267. The lowest BCUT2D eigenvalue weighted by Crippen LogP contribution is -2.46. The Labute approximate surface area is 111 Å². The Bertz CT molecular complexity index is 282. The molecular weight excluding hydrogens is 228 g/mol. The second-order valence-electron chi connectivity index (χ2n) is 5.83. The lowest BCUT2D eigenvalue weighted by Gasteiger charge is -2.29. The molecule has 0 radical (unpaired) electrons. The number of rotatable bonds is 8. The molecule has 0 aromatic heterocycles. The molecule has 0 aromatic rings. The third-order valence-corrected chi connectivity index (χ3v) is 3.14. The van der Waals surface area contributed by atoms with Crippen LogP contribution in [0, 0.1) is 5.41 Å². The molecule has 0 aliphatic heterocycles. The fourth-order valence-electron chi connectivity index (χ4n) is 2.17. The molecule has 0 aromatic carbocycles. The Morgan fingerprint density at radius 2 is 1.78 bits per heavy atom. The molecule has 0 heterocycles. The monoisotopic (exact) mass is 256 g/mol. The number of nitrogens with one attached hydrogen (secondary N) is 2. The van der Waals surface area contributed by atoms with Crippen LogP contribution in [0.5, 0.6) is 0 Å². The van der Waals surface area contributed by atoms with E-state index in [1.807, 2.05) is 34.7 Å². The lowest BCUT2D eigenvalue weighted by atomic mass is 9.83. The van der Waals surface area contributed by atoms with E-state index in [0.29, 0.717) is 13.0 Å². The minimum atomic E-state index is -0.142. The SMILES string of the molecule is CC[C@H](NCCC(=O)[C@@H](NC)C(C)(C)C)C(C)=O. The van der Waals surface area contributed by atoms with Gasteiger partial charge in [0.1, 0.15) is 5.78 Å². The topological polar surface area (TPSA) is 58.2 Å². The molecule has 4 nitrogen and oxygen atoms in total. The van der Waals surface area contributed by atoms with Gasteiger partial charge in [-0.2, -0.15) is 0 Å². The summed E-state index contributed by atoms with van der Waals surface area (Å²) in [7, 11) is 1.81. The first kappa shape index (κ1) is 17.3. The van der Waals surface area contributed by atoms with E-state index in [2.05, 4.69) is 10.6 Å². The highest BCUT2D eigenvalue weighted by molar-refractivity contribution is 5.85. The van der Waals surface area contributed by atoms with Crippen molar-refractivity contribution in [1.82, 2.24) is 10.6 Å². The van der Waals surface area contributed by atoms with Crippen molar-refractivity contribution in [3.05, 3.63) is 0 Å². The van der Waals surface area contributed by atoms with Gasteiger partial charge in [-0.15, -0.1) is 0 Å². The predicted octanol–water partition coefficient (Wildman–Crippen LogP) is 1.54. The van der Waals surface area contributed by atoms with Crippen LogP contribution >= 0.6 is 0 Å². The van der Waals surface area contributed by atoms with E-state index in [0.717, 1.165) is 6.42 Å². The van der Waals surface area contributed by atoms with Gasteiger partial charge in [0.2, 0.25) is 0 Å². The maximum absolute atomic E-state index is 12.1. The summed E-state index contributed by atoms with van der Waals surface area (Å²) in [6.07, 6.45) is 1.21. The molecule has 0 bridgehead atoms. The normalized spacial score (nSPS) is 15.2. The third kappa shape index (κ3) is 5.74. The smallest absolute Gasteiger partial charge is 0.151 e. The van der Waals surface area contributed by atoms with Crippen LogP contribution in [0.15, 0.2) is 0 Å². The average Bonchev–Trinajstić information content (AvgIpc) is 2.22. The maximum Gasteiger partial charge on any atom is 0.151 e. The predicted molar refractivity (Wildman–Crippen MR) is 74.7 cm³/mol. The molecule has 0 aliphatic carbocycles. The fourth-order valence-corrected chi connectivity index (χ4v) is 2.17. The van der Waals surface area contributed by atoms with Gasteiger partial charge in [0.15, 0.2) is 5.78 Å². The minimum absolute atomic E-state index is 0.0867. The number of carbonyl (C=O) groups is 2. The first-order chi connectivity index (χ1) is 8.23. The molecule has 2 N–H and O–H groups in total. The molecule has 0 saturated carbocycles. The van der Waals surface area contributed by atoms with Crippen LogP contribution in [0.25, 0.3) is 0 Å². The Hall–Kier alpha value is -0.740. The molecule has 18 heavy (non-hydrogen) atoms. The van der Waals surface area contributed by atoms with Crippen LogP contribution in [-0.4, -0.2) is 37.2 Å². The van der Waals surface area contributed by atoms with E-state index in [4.69, 9.17) is 0 Å². The molecule has 0 fully saturated rings. The van der Waals surface area contributed by atoms with Gasteiger partial charge in [0.05, 0.1) is 12.1 Å². The molecule has 0 aliphatic rings. The van der Waals surface area contributed by atoms with Crippen LogP contribution in [-0.2, 0) is 9.59 Å². The van der Waals surface area contributed by atoms with E-state index < -0.39 is 0 Å². The van der Waals surface area contributed by atoms with Gasteiger partial charge in [0, 0.05) is 13.0 Å². The maximum atomic E-state index is 12.1. The molecule has 106 valence electrons. The highest BCUT2D eigenvalue weighted by Crippen LogP contribution is 2.20. The number of Topliss-reactive ketones (excluding diaryl/α,β-unsaturated/α-hetero) is 2. The zero-order valence-corrected chi connectivity index (χ0v) is 12.6. The van der Waals surface area contributed by atoms with E-state index in [1.165, 1.54) is 0 Å². The number of ketones is 2. The molecule has 0 amide bonds. The second kappa shape index (κ2) is 7.64. The first-order valence-corrected chi connectivity index (χ1v) is 6.67.